The molecule has 0 spiro atoms. The van der Waals surface area contributed by atoms with Crippen molar-refractivity contribution in [1.29, 1.82) is 0 Å². The first-order valence-electron chi connectivity index (χ1n) is 6.50. The van der Waals surface area contributed by atoms with E-state index in [0.717, 1.165) is 17.0 Å². The second-order valence-electron chi connectivity index (χ2n) is 4.59. The molecule has 0 atom stereocenters. The van der Waals surface area contributed by atoms with Gasteiger partial charge in [0.1, 0.15) is 5.75 Å². The molecule has 1 aromatic carbocycles. The van der Waals surface area contributed by atoms with E-state index in [9.17, 15) is 27.6 Å². The van der Waals surface area contributed by atoms with Crippen molar-refractivity contribution in [2.45, 2.75) is 6.36 Å². The summed E-state index contributed by atoms with van der Waals surface area (Å²) in [5.74, 6) is -1.54. The number of carbonyl (C=O) groups excluding carboxylic acids is 3. The van der Waals surface area contributed by atoms with E-state index >= 15 is 0 Å². The molecule has 0 radical (unpaired) electrons. The largest absolute Gasteiger partial charge is 0.573 e. The van der Waals surface area contributed by atoms with Crippen molar-refractivity contribution < 1.29 is 32.3 Å². The zero-order valence-corrected chi connectivity index (χ0v) is 12.5. The molecule has 0 unspecified atom stereocenters. The summed E-state index contributed by atoms with van der Waals surface area (Å²) in [4.78, 5) is 34.8. The van der Waals surface area contributed by atoms with Crippen molar-refractivity contribution in [3.8, 4) is 5.75 Å². The van der Waals surface area contributed by atoms with E-state index in [0.29, 0.717) is 0 Å². The molecule has 1 rings (SSSR count). The summed E-state index contributed by atoms with van der Waals surface area (Å²) in [6.45, 7) is -0.678. The third-order valence-corrected chi connectivity index (χ3v) is 2.59. The summed E-state index contributed by atoms with van der Waals surface area (Å²) in [6.07, 6.45) is -4.80. The highest BCUT2D eigenvalue weighted by atomic mass is 19.4. The SMILES string of the molecule is CN(CC(=O)Nc1ccc(OC(F)(F)F)cc1)C(=O)CNC(N)=O. The number of halogens is 3. The predicted octanol–water partition coefficient (Wildman–Crippen LogP) is 0.650. The number of hydrogen-bond donors (Lipinski definition) is 3. The van der Waals surface area contributed by atoms with E-state index in [-0.39, 0.29) is 18.8 Å². The second kappa shape index (κ2) is 8.04. The van der Waals surface area contributed by atoms with E-state index < -0.39 is 30.0 Å². The maximum absolute atomic E-state index is 12.0. The summed E-state index contributed by atoms with van der Waals surface area (Å²) in [5.41, 5.74) is 5.04. The van der Waals surface area contributed by atoms with Crippen molar-refractivity contribution in [1.82, 2.24) is 10.2 Å². The first-order valence-corrected chi connectivity index (χ1v) is 6.50. The Labute approximate surface area is 134 Å². The smallest absolute Gasteiger partial charge is 0.406 e. The molecule has 0 saturated heterocycles. The van der Waals surface area contributed by atoms with Crippen LogP contribution in [0.4, 0.5) is 23.7 Å². The van der Waals surface area contributed by atoms with E-state index in [1.165, 1.54) is 19.2 Å². The van der Waals surface area contributed by atoms with Crippen molar-refractivity contribution in [2.75, 3.05) is 25.5 Å². The Morgan fingerprint density at radius 1 is 1.21 bits per heavy atom. The van der Waals surface area contributed by atoms with Crippen molar-refractivity contribution in [3.05, 3.63) is 24.3 Å². The Bertz CT molecular complexity index is 604. The fourth-order valence-corrected chi connectivity index (χ4v) is 1.54. The van der Waals surface area contributed by atoms with E-state index in [1.807, 2.05) is 0 Å². The average molecular weight is 348 g/mol. The molecule has 0 saturated carbocycles. The monoisotopic (exact) mass is 348 g/mol. The lowest BCUT2D eigenvalue weighted by Gasteiger charge is -2.17. The summed E-state index contributed by atoms with van der Waals surface area (Å²) in [7, 11) is 1.34. The quantitative estimate of drug-likeness (QED) is 0.700. The minimum Gasteiger partial charge on any atom is -0.406 e. The molecule has 0 aliphatic rings. The number of likely N-dealkylation sites (N-methyl/N-ethyl adjacent to an activating group) is 1. The number of alkyl halides is 3. The summed E-state index contributed by atoms with van der Waals surface area (Å²) < 4.78 is 39.8. The molecule has 8 nitrogen and oxygen atoms in total. The Balaban J connectivity index is 2.50. The van der Waals surface area contributed by atoms with Crippen LogP contribution in [-0.4, -0.2) is 49.2 Å². The van der Waals surface area contributed by atoms with Crippen LogP contribution in [0, 0.1) is 0 Å². The van der Waals surface area contributed by atoms with Crippen molar-refractivity contribution in [3.63, 3.8) is 0 Å². The van der Waals surface area contributed by atoms with E-state index in [2.05, 4.69) is 15.4 Å². The van der Waals surface area contributed by atoms with Gasteiger partial charge in [-0.25, -0.2) is 4.79 Å². The van der Waals surface area contributed by atoms with Gasteiger partial charge in [-0.2, -0.15) is 0 Å². The van der Waals surface area contributed by atoms with Gasteiger partial charge in [0.25, 0.3) is 0 Å². The molecule has 4 N–H and O–H groups in total. The number of primary amides is 1. The molecule has 0 heterocycles. The number of carbonyl (C=O) groups is 3. The summed E-state index contributed by atoms with van der Waals surface area (Å²) >= 11 is 0. The van der Waals surface area contributed by atoms with Crippen LogP contribution in [0.3, 0.4) is 0 Å². The standard InChI is InChI=1S/C13H15F3N4O4/c1-20(11(22)6-18-12(17)23)7-10(21)19-8-2-4-9(5-3-8)24-13(14,15)16/h2-5H,6-7H2,1H3,(H,19,21)(H3,17,18,23). The Morgan fingerprint density at radius 2 is 1.79 bits per heavy atom. The van der Waals surface area contributed by atoms with Gasteiger partial charge in [-0.1, -0.05) is 0 Å². The Hall–Kier alpha value is -2.98. The molecule has 4 amide bonds. The van der Waals surface area contributed by atoms with E-state index in [4.69, 9.17) is 5.73 Å². The molecule has 0 aromatic heterocycles. The summed E-state index contributed by atoms with van der Waals surface area (Å²) in [6, 6.07) is 3.64. The van der Waals surface area contributed by atoms with Crippen LogP contribution < -0.4 is 21.1 Å². The molecular weight excluding hydrogens is 333 g/mol. The molecule has 0 fully saturated rings. The van der Waals surface area contributed by atoms with Gasteiger partial charge in [-0.15, -0.1) is 13.2 Å². The number of nitrogens with zero attached hydrogens (tertiary/aromatic N) is 1. The molecule has 0 aliphatic heterocycles. The minimum atomic E-state index is -4.80. The van der Waals surface area contributed by atoms with Gasteiger partial charge in [-0.3, -0.25) is 9.59 Å². The number of ether oxygens (including phenoxy) is 1. The number of hydrogen-bond acceptors (Lipinski definition) is 4. The van der Waals surface area contributed by atoms with Gasteiger partial charge >= 0.3 is 12.4 Å². The Kier molecular flexibility index (Phi) is 6.38. The van der Waals surface area contributed by atoms with Gasteiger partial charge < -0.3 is 26.0 Å². The second-order valence-corrected chi connectivity index (χ2v) is 4.59. The zero-order chi connectivity index (χ0) is 18.3. The lowest BCUT2D eigenvalue weighted by Crippen LogP contribution is -2.42. The van der Waals surface area contributed by atoms with Crippen LogP contribution in [0.25, 0.3) is 0 Å². The third-order valence-electron chi connectivity index (χ3n) is 2.59. The number of rotatable bonds is 6. The molecule has 0 bridgehead atoms. The highest BCUT2D eigenvalue weighted by molar-refractivity contribution is 5.95. The van der Waals surface area contributed by atoms with Crippen molar-refractivity contribution >= 4 is 23.5 Å². The highest BCUT2D eigenvalue weighted by Gasteiger charge is 2.30. The van der Waals surface area contributed by atoms with Gasteiger partial charge in [0.15, 0.2) is 0 Å². The molecule has 24 heavy (non-hydrogen) atoms. The van der Waals surface area contributed by atoms with Crippen LogP contribution >= 0.6 is 0 Å². The average Bonchev–Trinajstić information content (AvgIpc) is 2.45. The number of nitrogens with two attached hydrogens (primary N) is 1. The lowest BCUT2D eigenvalue weighted by molar-refractivity contribution is -0.274. The van der Waals surface area contributed by atoms with E-state index in [1.54, 1.807) is 0 Å². The van der Waals surface area contributed by atoms with Gasteiger partial charge in [0, 0.05) is 12.7 Å². The fourth-order valence-electron chi connectivity index (χ4n) is 1.54. The number of urea groups is 1. The fraction of sp³-hybridized carbons (Fsp3) is 0.308. The van der Waals surface area contributed by atoms with Crippen LogP contribution in [0.15, 0.2) is 24.3 Å². The van der Waals surface area contributed by atoms with Crippen LogP contribution in [0.5, 0.6) is 5.75 Å². The van der Waals surface area contributed by atoms with Gasteiger partial charge in [-0.05, 0) is 24.3 Å². The third kappa shape index (κ3) is 7.33. The van der Waals surface area contributed by atoms with Crippen LogP contribution in [-0.2, 0) is 9.59 Å². The minimum absolute atomic E-state index is 0.227. The molecular formula is C13H15F3N4O4. The number of benzene rings is 1. The maximum Gasteiger partial charge on any atom is 0.573 e. The van der Waals surface area contributed by atoms with Gasteiger partial charge in [0.05, 0.1) is 13.1 Å². The first kappa shape index (κ1) is 19.1. The summed E-state index contributed by atoms with van der Waals surface area (Å²) in [5, 5.41) is 4.49. The first-order chi connectivity index (χ1) is 11.1. The highest BCUT2D eigenvalue weighted by Crippen LogP contribution is 2.23. The maximum atomic E-state index is 12.0. The van der Waals surface area contributed by atoms with Crippen molar-refractivity contribution in [2.24, 2.45) is 5.73 Å². The molecule has 1 aromatic rings. The molecule has 11 heteroatoms. The predicted molar refractivity (Wildman–Crippen MR) is 77.0 cm³/mol. The normalized spacial score (nSPS) is 10.7. The zero-order valence-electron chi connectivity index (χ0n) is 12.5. The topological polar surface area (TPSA) is 114 Å². The van der Waals surface area contributed by atoms with Crippen LogP contribution in [0.1, 0.15) is 0 Å². The molecule has 0 aliphatic carbocycles. The molecule has 132 valence electrons. The number of nitrogens with one attached hydrogen (secondary N) is 2. The number of amides is 4. The Morgan fingerprint density at radius 3 is 2.29 bits per heavy atom. The number of anilines is 1. The van der Waals surface area contributed by atoms with Gasteiger partial charge in [0.2, 0.25) is 11.8 Å². The lowest BCUT2D eigenvalue weighted by atomic mass is 10.3. The van der Waals surface area contributed by atoms with Crippen LogP contribution in [0.2, 0.25) is 0 Å².